The Labute approximate surface area is 135 Å². The molecule has 1 rings (SSSR count). The highest BCUT2D eigenvalue weighted by Gasteiger charge is 2.79. The zero-order valence-corrected chi connectivity index (χ0v) is 11.7. The molecule has 4 nitrogen and oxygen atoms in total. The van der Waals surface area contributed by atoms with Gasteiger partial charge in [0, 0.05) is 6.20 Å². The highest BCUT2D eigenvalue weighted by molar-refractivity contribution is 5.96. The van der Waals surface area contributed by atoms with Crippen LogP contribution >= 0.6 is 0 Å². The van der Waals surface area contributed by atoms with Gasteiger partial charge in [0.25, 0.3) is 5.91 Å². The number of nitrogens with one attached hydrogen (secondary N) is 1. The summed E-state index contributed by atoms with van der Waals surface area (Å²) in [6.45, 7) is 0. The van der Waals surface area contributed by atoms with E-state index in [0.717, 1.165) is 23.6 Å². The van der Waals surface area contributed by atoms with Crippen LogP contribution in [0.3, 0.4) is 0 Å². The van der Waals surface area contributed by atoms with E-state index in [1.54, 1.807) is 0 Å². The van der Waals surface area contributed by atoms with Crippen molar-refractivity contribution < 1.29 is 57.8 Å². The van der Waals surface area contributed by atoms with E-state index in [-0.39, 0.29) is 0 Å². The highest BCUT2D eigenvalue weighted by Crippen LogP contribution is 2.51. The minimum absolute atomic E-state index is 0.594. The first-order valence-corrected chi connectivity index (χ1v) is 5.95. The summed E-state index contributed by atoms with van der Waals surface area (Å²) in [6.07, 6.45) is -19.3. The Hall–Kier alpha value is -2.19. The van der Waals surface area contributed by atoms with Crippen LogP contribution in [-0.4, -0.2) is 41.1 Å². The molecule has 1 atom stereocenters. The molecular formula is C11H5F11N2O2. The van der Waals surface area contributed by atoms with Gasteiger partial charge in [0.05, 0.1) is 11.9 Å². The van der Waals surface area contributed by atoms with Crippen molar-refractivity contribution in [3.05, 3.63) is 24.5 Å². The molecule has 148 valence electrons. The number of nitrogens with zero attached hydrogens (tertiary/aromatic N) is 1. The number of carbonyl (C=O) groups excluding carboxylic acids is 1. The zero-order valence-electron chi connectivity index (χ0n) is 11.7. The molecular weight excluding hydrogens is 401 g/mol. The lowest BCUT2D eigenvalue weighted by Gasteiger charge is -2.34. The van der Waals surface area contributed by atoms with Crippen LogP contribution in [-0.2, 0) is 9.53 Å². The standard InChI is InChI=1S/C11H5F11N2O2/c12-7(9(15,16)17,6(25)24-5-2-1-3-23-4-5)26-11(21,22)8(13,14)10(18,19)20/h1-4H,(H,24,25)/t7-/m0/s1. The Bertz CT molecular complexity index is 644. The number of anilines is 1. The number of carbonyl (C=O) groups is 1. The summed E-state index contributed by atoms with van der Waals surface area (Å²) >= 11 is 0. The van der Waals surface area contributed by atoms with E-state index < -0.39 is 41.8 Å². The Balaban J connectivity index is 3.27. The second-order valence-corrected chi connectivity index (χ2v) is 4.48. The lowest BCUT2D eigenvalue weighted by atomic mass is 10.2. The average Bonchev–Trinajstić information content (AvgIpc) is 2.45. The monoisotopic (exact) mass is 406 g/mol. The molecule has 0 unspecified atom stereocenters. The van der Waals surface area contributed by atoms with E-state index in [1.807, 2.05) is 0 Å². The summed E-state index contributed by atoms with van der Waals surface area (Å²) in [5.41, 5.74) is -0.724. The molecule has 0 saturated heterocycles. The maximum atomic E-state index is 13.8. The van der Waals surface area contributed by atoms with Crippen molar-refractivity contribution in [2.24, 2.45) is 0 Å². The molecule has 1 aromatic rings. The number of pyridine rings is 1. The van der Waals surface area contributed by atoms with Crippen molar-refractivity contribution in [1.82, 2.24) is 4.98 Å². The van der Waals surface area contributed by atoms with Crippen molar-refractivity contribution in [3.63, 3.8) is 0 Å². The average molecular weight is 406 g/mol. The van der Waals surface area contributed by atoms with Crippen LogP contribution < -0.4 is 5.32 Å². The predicted octanol–water partition coefficient (Wildman–Crippen LogP) is 4.06. The largest absolute Gasteiger partial charge is 0.462 e. The van der Waals surface area contributed by atoms with Crippen LogP contribution in [0.1, 0.15) is 0 Å². The fourth-order valence-corrected chi connectivity index (χ4v) is 1.29. The quantitative estimate of drug-likeness (QED) is 0.751. The number of rotatable bonds is 5. The summed E-state index contributed by atoms with van der Waals surface area (Å²) in [6, 6.07) is 1.76. The fraction of sp³-hybridized carbons (Fsp3) is 0.455. The molecule has 0 radical (unpaired) electrons. The molecule has 1 heterocycles. The van der Waals surface area contributed by atoms with Gasteiger partial charge in [-0.2, -0.15) is 48.3 Å². The Morgan fingerprint density at radius 3 is 1.85 bits per heavy atom. The molecule has 0 fully saturated rings. The van der Waals surface area contributed by atoms with Gasteiger partial charge in [0.15, 0.2) is 0 Å². The molecule has 0 aliphatic carbocycles. The van der Waals surface area contributed by atoms with Gasteiger partial charge >= 0.3 is 30.2 Å². The Morgan fingerprint density at radius 1 is 0.923 bits per heavy atom. The third kappa shape index (κ3) is 3.96. The first-order valence-electron chi connectivity index (χ1n) is 5.95. The fourth-order valence-electron chi connectivity index (χ4n) is 1.29. The van der Waals surface area contributed by atoms with Crippen molar-refractivity contribution >= 4 is 11.6 Å². The molecule has 0 bridgehead atoms. The molecule has 15 heteroatoms. The van der Waals surface area contributed by atoms with Gasteiger partial charge in [0.2, 0.25) is 0 Å². The normalized spacial score (nSPS) is 16.1. The van der Waals surface area contributed by atoms with Gasteiger partial charge < -0.3 is 5.32 Å². The minimum atomic E-state index is -7.24. The second-order valence-electron chi connectivity index (χ2n) is 4.48. The Morgan fingerprint density at radius 2 is 1.46 bits per heavy atom. The number of aromatic nitrogens is 1. The number of halogens is 11. The van der Waals surface area contributed by atoms with Crippen LogP contribution in [0.2, 0.25) is 0 Å². The number of amides is 1. The van der Waals surface area contributed by atoms with Gasteiger partial charge in [-0.3, -0.25) is 14.5 Å². The smallest absolute Gasteiger partial charge is 0.319 e. The molecule has 1 aromatic heterocycles. The maximum absolute atomic E-state index is 13.8. The van der Waals surface area contributed by atoms with E-state index in [0.29, 0.717) is 6.20 Å². The lowest BCUT2D eigenvalue weighted by molar-refractivity contribution is -0.472. The van der Waals surface area contributed by atoms with Gasteiger partial charge in [-0.25, -0.2) is 0 Å². The molecule has 1 amide bonds. The van der Waals surface area contributed by atoms with Gasteiger partial charge in [-0.1, -0.05) is 0 Å². The second kappa shape index (κ2) is 6.51. The van der Waals surface area contributed by atoms with E-state index in [1.165, 1.54) is 0 Å². The lowest BCUT2D eigenvalue weighted by Crippen LogP contribution is -2.62. The first kappa shape index (κ1) is 21.9. The van der Waals surface area contributed by atoms with E-state index in [4.69, 9.17) is 0 Å². The minimum Gasteiger partial charge on any atom is -0.319 e. The Kier molecular flexibility index (Phi) is 5.48. The summed E-state index contributed by atoms with van der Waals surface area (Å²) in [5, 5.41) is 1.02. The SMILES string of the molecule is O=C(Nc1cccnc1)[C@](F)(OC(F)(F)C(F)(F)C(F)(F)F)C(F)(F)F. The summed E-state index contributed by atoms with van der Waals surface area (Å²) < 4.78 is 141. The van der Waals surface area contributed by atoms with E-state index in [9.17, 15) is 53.1 Å². The molecule has 0 aliphatic rings. The predicted molar refractivity (Wildman–Crippen MR) is 59.8 cm³/mol. The number of hydrogen-bond acceptors (Lipinski definition) is 3. The van der Waals surface area contributed by atoms with Crippen LogP contribution in [0.15, 0.2) is 24.5 Å². The van der Waals surface area contributed by atoms with Crippen LogP contribution in [0.25, 0.3) is 0 Å². The number of hydrogen-bond donors (Lipinski definition) is 1. The zero-order chi connectivity index (χ0) is 20.6. The summed E-state index contributed by atoms with van der Waals surface area (Å²) in [4.78, 5) is 14.6. The third-order valence-electron chi connectivity index (χ3n) is 2.57. The van der Waals surface area contributed by atoms with Gasteiger partial charge in [-0.05, 0) is 12.1 Å². The first-order chi connectivity index (χ1) is 11.5. The molecule has 0 aliphatic heterocycles. The topological polar surface area (TPSA) is 51.2 Å². The molecule has 1 N–H and O–H groups in total. The molecule has 26 heavy (non-hydrogen) atoms. The molecule has 0 saturated carbocycles. The van der Waals surface area contributed by atoms with E-state index in [2.05, 4.69) is 9.72 Å². The van der Waals surface area contributed by atoms with Crippen LogP contribution in [0.4, 0.5) is 54.0 Å². The summed E-state index contributed by atoms with van der Waals surface area (Å²) in [7, 11) is 0. The number of alkyl halides is 11. The van der Waals surface area contributed by atoms with Crippen molar-refractivity contribution in [1.29, 1.82) is 0 Å². The number of ether oxygens (including phenoxy) is 1. The highest BCUT2D eigenvalue weighted by atomic mass is 19.4. The molecule has 0 aromatic carbocycles. The van der Waals surface area contributed by atoms with Gasteiger partial charge in [-0.15, -0.1) is 0 Å². The van der Waals surface area contributed by atoms with Crippen LogP contribution in [0, 0.1) is 0 Å². The van der Waals surface area contributed by atoms with Crippen molar-refractivity contribution in [2.45, 2.75) is 30.2 Å². The van der Waals surface area contributed by atoms with Crippen LogP contribution in [0.5, 0.6) is 0 Å². The van der Waals surface area contributed by atoms with Crippen molar-refractivity contribution in [3.8, 4) is 0 Å². The van der Waals surface area contributed by atoms with Crippen molar-refractivity contribution in [2.75, 3.05) is 5.32 Å². The third-order valence-corrected chi connectivity index (χ3v) is 2.57. The maximum Gasteiger partial charge on any atom is 0.462 e. The van der Waals surface area contributed by atoms with Gasteiger partial charge in [0.1, 0.15) is 0 Å². The summed E-state index contributed by atoms with van der Waals surface area (Å²) in [5.74, 6) is -16.6. The van der Waals surface area contributed by atoms with E-state index >= 15 is 0 Å². The molecule has 0 spiro atoms.